The first-order valence-electron chi connectivity index (χ1n) is 3.70. The van der Waals surface area contributed by atoms with E-state index >= 15 is 0 Å². The molecule has 0 radical (unpaired) electrons. The average Bonchev–Trinajstić information content (AvgIpc) is 2.09. The lowest BCUT2D eigenvalue weighted by Crippen LogP contribution is -2.23. The molecular weight excluding hydrogens is 281 g/mol. The second-order valence-corrected chi connectivity index (χ2v) is 5.02. The summed E-state index contributed by atoms with van der Waals surface area (Å²) in [5.41, 5.74) is -0.243. The molecule has 0 aromatic carbocycles. The van der Waals surface area contributed by atoms with E-state index < -0.39 is 21.7 Å². The SMILES string of the molecule is O=C(O)CS(=O)(=O)Nc1c(Cl)ncnc1Cl. The second kappa shape index (κ2) is 4.81. The molecule has 7 nitrogen and oxygen atoms in total. The highest BCUT2D eigenvalue weighted by Gasteiger charge is 2.19. The van der Waals surface area contributed by atoms with Crippen LogP contribution in [-0.4, -0.2) is 35.2 Å². The molecule has 0 aliphatic carbocycles. The van der Waals surface area contributed by atoms with E-state index in [1.165, 1.54) is 0 Å². The van der Waals surface area contributed by atoms with E-state index in [1.807, 2.05) is 4.72 Å². The van der Waals surface area contributed by atoms with Crippen LogP contribution in [-0.2, 0) is 14.8 Å². The van der Waals surface area contributed by atoms with Gasteiger partial charge in [-0.25, -0.2) is 18.4 Å². The van der Waals surface area contributed by atoms with Crippen molar-refractivity contribution in [3.05, 3.63) is 16.6 Å². The van der Waals surface area contributed by atoms with Gasteiger partial charge in [0.25, 0.3) is 0 Å². The number of carboxylic acid groups (broad SMARTS) is 1. The summed E-state index contributed by atoms with van der Waals surface area (Å²) in [4.78, 5) is 17.3. The highest BCUT2D eigenvalue weighted by Crippen LogP contribution is 2.26. The van der Waals surface area contributed by atoms with E-state index in [-0.39, 0.29) is 16.0 Å². The number of hydrogen-bond donors (Lipinski definition) is 2. The van der Waals surface area contributed by atoms with Crippen LogP contribution in [0.1, 0.15) is 0 Å². The van der Waals surface area contributed by atoms with Crippen LogP contribution in [0.3, 0.4) is 0 Å². The lowest BCUT2D eigenvalue weighted by molar-refractivity contribution is -0.134. The van der Waals surface area contributed by atoms with Gasteiger partial charge in [-0.2, -0.15) is 0 Å². The number of nitrogens with zero attached hydrogens (tertiary/aromatic N) is 2. The van der Waals surface area contributed by atoms with Crippen LogP contribution in [0.2, 0.25) is 10.3 Å². The van der Waals surface area contributed by atoms with Crippen LogP contribution in [0.4, 0.5) is 5.69 Å². The summed E-state index contributed by atoms with van der Waals surface area (Å²) >= 11 is 11.1. The predicted molar refractivity (Wildman–Crippen MR) is 57.1 cm³/mol. The van der Waals surface area contributed by atoms with Gasteiger partial charge in [0.05, 0.1) is 0 Å². The second-order valence-electron chi connectivity index (χ2n) is 2.59. The fraction of sp³-hybridized carbons (Fsp3) is 0.167. The molecule has 10 heteroatoms. The van der Waals surface area contributed by atoms with E-state index in [0.717, 1.165) is 6.33 Å². The maximum atomic E-state index is 11.3. The Morgan fingerprint density at radius 3 is 2.31 bits per heavy atom. The largest absolute Gasteiger partial charge is 0.480 e. The fourth-order valence-electron chi connectivity index (χ4n) is 0.783. The third-order valence-electron chi connectivity index (χ3n) is 1.33. The zero-order valence-electron chi connectivity index (χ0n) is 7.52. The van der Waals surface area contributed by atoms with Crippen LogP contribution >= 0.6 is 23.2 Å². The zero-order valence-corrected chi connectivity index (χ0v) is 9.84. The Labute approximate surface area is 100 Å². The molecule has 1 aromatic heterocycles. The summed E-state index contributed by atoms with van der Waals surface area (Å²) in [6.07, 6.45) is 1.04. The monoisotopic (exact) mass is 285 g/mol. The van der Waals surface area contributed by atoms with E-state index in [9.17, 15) is 13.2 Å². The van der Waals surface area contributed by atoms with E-state index in [4.69, 9.17) is 28.3 Å². The third kappa shape index (κ3) is 3.47. The van der Waals surface area contributed by atoms with Gasteiger partial charge in [0.1, 0.15) is 12.0 Å². The maximum absolute atomic E-state index is 11.3. The molecule has 0 aliphatic rings. The molecule has 0 fully saturated rings. The number of halogens is 2. The molecule has 0 saturated carbocycles. The molecule has 1 aromatic rings. The Morgan fingerprint density at radius 1 is 1.38 bits per heavy atom. The highest BCUT2D eigenvalue weighted by atomic mass is 35.5. The summed E-state index contributed by atoms with van der Waals surface area (Å²) in [7, 11) is -4.08. The normalized spacial score (nSPS) is 11.1. The molecule has 0 atom stereocenters. The minimum atomic E-state index is -4.08. The predicted octanol–water partition coefficient (Wildman–Crippen LogP) is 0.610. The Balaban J connectivity index is 3.01. The average molecular weight is 286 g/mol. The fourth-order valence-corrected chi connectivity index (χ4v) is 2.21. The van der Waals surface area contributed by atoms with Gasteiger partial charge in [-0.05, 0) is 0 Å². The minimum absolute atomic E-state index is 0.214. The molecule has 0 bridgehead atoms. The molecule has 0 spiro atoms. The number of hydrogen-bond acceptors (Lipinski definition) is 5. The maximum Gasteiger partial charge on any atom is 0.320 e. The molecule has 88 valence electrons. The van der Waals surface area contributed by atoms with Crippen molar-refractivity contribution < 1.29 is 18.3 Å². The van der Waals surface area contributed by atoms with Crippen molar-refractivity contribution >= 4 is 44.9 Å². The number of aromatic nitrogens is 2. The molecule has 0 aliphatic heterocycles. The van der Waals surface area contributed by atoms with Gasteiger partial charge in [0.15, 0.2) is 16.1 Å². The van der Waals surface area contributed by atoms with Crippen molar-refractivity contribution in [3.63, 3.8) is 0 Å². The Hall–Kier alpha value is -1.12. The lowest BCUT2D eigenvalue weighted by Gasteiger charge is -2.07. The van der Waals surface area contributed by atoms with E-state index in [0.29, 0.717) is 0 Å². The van der Waals surface area contributed by atoms with Crippen LogP contribution in [0.15, 0.2) is 6.33 Å². The number of anilines is 1. The molecule has 0 unspecified atom stereocenters. The van der Waals surface area contributed by atoms with Gasteiger partial charge >= 0.3 is 5.97 Å². The van der Waals surface area contributed by atoms with E-state index in [1.54, 1.807) is 0 Å². The van der Waals surface area contributed by atoms with Gasteiger partial charge in [-0.3, -0.25) is 9.52 Å². The Morgan fingerprint density at radius 2 is 1.88 bits per heavy atom. The summed E-state index contributed by atoms with van der Waals surface area (Å²) in [5, 5.41) is 7.92. The molecule has 1 heterocycles. The molecule has 0 amide bonds. The first-order chi connectivity index (χ1) is 7.32. The summed E-state index contributed by atoms with van der Waals surface area (Å²) in [5.74, 6) is -2.61. The topological polar surface area (TPSA) is 109 Å². The summed E-state index contributed by atoms with van der Waals surface area (Å²) < 4.78 is 24.4. The smallest absolute Gasteiger partial charge is 0.320 e. The minimum Gasteiger partial charge on any atom is -0.480 e. The van der Waals surface area contributed by atoms with Crippen LogP contribution in [0.5, 0.6) is 0 Å². The quantitative estimate of drug-likeness (QED) is 0.785. The van der Waals surface area contributed by atoms with Gasteiger partial charge in [-0.15, -0.1) is 0 Å². The van der Waals surface area contributed by atoms with Crippen LogP contribution in [0, 0.1) is 0 Å². The van der Waals surface area contributed by atoms with Crippen molar-refractivity contribution in [3.8, 4) is 0 Å². The number of carbonyl (C=O) groups is 1. The summed E-state index contributed by atoms with van der Waals surface area (Å²) in [6, 6.07) is 0. The first kappa shape index (κ1) is 12.9. The summed E-state index contributed by atoms with van der Waals surface area (Å²) in [6.45, 7) is 0. The van der Waals surface area contributed by atoms with Crippen LogP contribution in [0.25, 0.3) is 0 Å². The zero-order chi connectivity index (χ0) is 12.3. The van der Waals surface area contributed by atoms with Crippen molar-refractivity contribution in [2.24, 2.45) is 0 Å². The van der Waals surface area contributed by atoms with Crippen LogP contribution < -0.4 is 4.72 Å². The number of nitrogens with one attached hydrogen (secondary N) is 1. The number of sulfonamides is 1. The third-order valence-corrected chi connectivity index (χ3v) is 3.04. The number of carboxylic acids is 1. The van der Waals surface area contributed by atoms with Crippen molar-refractivity contribution in [1.29, 1.82) is 0 Å². The van der Waals surface area contributed by atoms with Gasteiger partial charge in [0, 0.05) is 0 Å². The van der Waals surface area contributed by atoms with Gasteiger partial charge < -0.3 is 5.11 Å². The molecular formula is C6H5Cl2N3O4S. The van der Waals surface area contributed by atoms with Gasteiger partial charge in [0.2, 0.25) is 10.0 Å². The standard InChI is InChI=1S/C6H5Cl2N3O4S/c7-5-4(6(8)10-2-9-5)11-16(14,15)1-3(12)13/h2,11H,1H2,(H,12,13). The molecule has 0 saturated heterocycles. The Bertz CT molecular complexity index is 498. The number of aliphatic carboxylic acids is 1. The highest BCUT2D eigenvalue weighted by molar-refractivity contribution is 7.93. The molecule has 2 N–H and O–H groups in total. The van der Waals surface area contributed by atoms with Crippen molar-refractivity contribution in [1.82, 2.24) is 9.97 Å². The van der Waals surface area contributed by atoms with Crippen molar-refractivity contribution in [2.75, 3.05) is 10.5 Å². The van der Waals surface area contributed by atoms with E-state index in [2.05, 4.69) is 9.97 Å². The number of rotatable bonds is 4. The van der Waals surface area contributed by atoms with Crippen molar-refractivity contribution in [2.45, 2.75) is 0 Å². The lowest BCUT2D eigenvalue weighted by atomic mass is 10.6. The first-order valence-corrected chi connectivity index (χ1v) is 6.11. The Kier molecular flexibility index (Phi) is 3.89. The van der Waals surface area contributed by atoms with Gasteiger partial charge in [-0.1, -0.05) is 23.2 Å². The molecule has 1 rings (SSSR count). The molecule has 16 heavy (non-hydrogen) atoms.